The van der Waals surface area contributed by atoms with Crippen LogP contribution in [-0.4, -0.2) is 43.0 Å². The first-order valence-corrected chi connectivity index (χ1v) is 7.92. The van der Waals surface area contributed by atoms with Crippen LogP contribution in [0.5, 0.6) is 11.5 Å². The van der Waals surface area contributed by atoms with Crippen LogP contribution in [0.1, 0.15) is 12.5 Å². The molecule has 0 aliphatic heterocycles. The number of halogens is 1. The molecule has 0 saturated heterocycles. The van der Waals surface area contributed by atoms with Crippen LogP contribution in [0.3, 0.4) is 0 Å². The number of rotatable bonds is 7. The third-order valence-electron chi connectivity index (χ3n) is 3.41. The van der Waals surface area contributed by atoms with Crippen molar-refractivity contribution in [3.05, 3.63) is 36.2 Å². The minimum Gasteiger partial charge on any atom is -0.493 e. The van der Waals surface area contributed by atoms with Crippen molar-refractivity contribution in [2.45, 2.75) is 13.3 Å². The summed E-state index contributed by atoms with van der Waals surface area (Å²) in [6.45, 7) is 3.29. The summed E-state index contributed by atoms with van der Waals surface area (Å²) in [7, 11) is 5.29. The molecule has 0 saturated carbocycles. The molecule has 0 spiro atoms. The molecule has 2 rings (SSSR count). The number of anilines is 1. The molecule has 1 heterocycles. The highest BCUT2D eigenvalue weighted by Gasteiger charge is 2.07. The van der Waals surface area contributed by atoms with Gasteiger partial charge in [-0.1, -0.05) is 0 Å². The van der Waals surface area contributed by atoms with Gasteiger partial charge in [0.25, 0.3) is 0 Å². The second kappa shape index (κ2) is 10.8. The van der Waals surface area contributed by atoms with Crippen molar-refractivity contribution < 1.29 is 9.47 Å². The number of aryl methyl sites for hydroxylation is 1. The number of guanidine groups is 1. The van der Waals surface area contributed by atoms with Crippen molar-refractivity contribution in [1.29, 1.82) is 0 Å². The average Bonchev–Trinajstić information content (AvgIpc) is 3.00. The number of aliphatic imine (C=N–C) groups is 1. The Labute approximate surface area is 165 Å². The zero-order valence-corrected chi connectivity index (χ0v) is 17.4. The van der Waals surface area contributed by atoms with Crippen LogP contribution in [0.15, 0.2) is 35.6 Å². The van der Waals surface area contributed by atoms with Crippen LogP contribution in [0.25, 0.3) is 0 Å². The number of hydrogen-bond acceptors (Lipinski definition) is 4. The lowest BCUT2D eigenvalue weighted by molar-refractivity contribution is 0.311. The van der Waals surface area contributed by atoms with Gasteiger partial charge < -0.3 is 20.1 Å². The number of nitrogens with one attached hydrogen (secondary N) is 2. The summed E-state index contributed by atoms with van der Waals surface area (Å²) in [5.74, 6) is 2.12. The van der Waals surface area contributed by atoms with Crippen molar-refractivity contribution >= 4 is 35.6 Å². The second-order valence-electron chi connectivity index (χ2n) is 5.19. The van der Waals surface area contributed by atoms with Crippen molar-refractivity contribution in [2.75, 3.05) is 32.6 Å². The van der Waals surface area contributed by atoms with E-state index in [1.165, 1.54) is 5.56 Å². The Morgan fingerprint density at radius 1 is 1.32 bits per heavy atom. The van der Waals surface area contributed by atoms with Crippen LogP contribution < -0.4 is 20.1 Å². The lowest BCUT2D eigenvalue weighted by Crippen LogP contribution is -2.32. The third kappa shape index (κ3) is 6.45. The molecule has 0 bridgehead atoms. The predicted molar refractivity (Wildman–Crippen MR) is 111 cm³/mol. The van der Waals surface area contributed by atoms with Gasteiger partial charge >= 0.3 is 0 Å². The maximum Gasteiger partial charge on any atom is 0.195 e. The molecule has 0 atom stereocenters. The minimum atomic E-state index is 0. The number of methoxy groups -OCH3 is 1. The maximum absolute atomic E-state index is 5.59. The molecule has 0 fully saturated rings. The molecule has 0 unspecified atom stereocenters. The van der Waals surface area contributed by atoms with E-state index in [4.69, 9.17) is 9.47 Å². The molecular formula is C17H26IN5O2. The molecular weight excluding hydrogens is 433 g/mol. The molecule has 0 radical (unpaired) electrons. The molecule has 0 amide bonds. The quantitative estimate of drug-likeness (QED) is 0.379. The van der Waals surface area contributed by atoms with E-state index in [1.54, 1.807) is 18.8 Å². The number of aromatic nitrogens is 2. The molecule has 0 aliphatic rings. The number of hydrogen-bond donors (Lipinski definition) is 2. The van der Waals surface area contributed by atoms with E-state index in [-0.39, 0.29) is 24.0 Å². The summed E-state index contributed by atoms with van der Waals surface area (Å²) in [6, 6.07) is 5.70. The fraction of sp³-hybridized carbons (Fsp3) is 0.412. The molecule has 0 aliphatic carbocycles. The van der Waals surface area contributed by atoms with E-state index in [1.807, 2.05) is 44.6 Å². The molecule has 1 aromatic carbocycles. The Morgan fingerprint density at radius 3 is 2.72 bits per heavy atom. The Balaban J connectivity index is 0.00000312. The van der Waals surface area contributed by atoms with E-state index in [0.29, 0.717) is 24.1 Å². The predicted octanol–water partition coefficient (Wildman–Crippen LogP) is 2.68. The highest BCUT2D eigenvalue weighted by atomic mass is 127. The first-order chi connectivity index (χ1) is 11.7. The largest absolute Gasteiger partial charge is 0.493 e. The fourth-order valence-corrected chi connectivity index (χ4v) is 2.26. The van der Waals surface area contributed by atoms with Gasteiger partial charge in [-0.05, 0) is 31.0 Å². The Morgan fingerprint density at radius 2 is 2.12 bits per heavy atom. The van der Waals surface area contributed by atoms with Gasteiger partial charge in [0, 0.05) is 38.6 Å². The van der Waals surface area contributed by atoms with Crippen LogP contribution in [0.2, 0.25) is 0 Å². The summed E-state index contributed by atoms with van der Waals surface area (Å²) in [6.07, 6.45) is 4.76. The number of benzene rings is 1. The summed E-state index contributed by atoms with van der Waals surface area (Å²) in [4.78, 5) is 4.24. The van der Waals surface area contributed by atoms with Crippen molar-refractivity contribution in [1.82, 2.24) is 15.1 Å². The first-order valence-electron chi connectivity index (χ1n) is 7.92. The van der Waals surface area contributed by atoms with E-state index in [0.717, 1.165) is 18.7 Å². The Kier molecular flexibility index (Phi) is 9.11. The minimum absolute atomic E-state index is 0. The van der Waals surface area contributed by atoms with Gasteiger partial charge in [-0.2, -0.15) is 5.10 Å². The van der Waals surface area contributed by atoms with Gasteiger partial charge in [0.2, 0.25) is 0 Å². The van der Waals surface area contributed by atoms with E-state index in [2.05, 4.69) is 20.7 Å². The van der Waals surface area contributed by atoms with E-state index >= 15 is 0 Å². The molecule has 1 aromatic heterocycles. The SMILES string of the molecule is CCOc1cc(NC(=NC)NCCc2cnn(C)c2)ccc1OC.I. The number of nitrogens with zero attached hydrogens (tertiary/aromatic N) is 3. The third-order valence-corrected chi connectivity index (χ3v) is 3.41. The molecule has 138 valence electrons. The standard InChI is InChI=1S/C17H25N5O2.HI/c1-5-24-16-10-14(6-7-15(16)23-4)21-17(18-2)19-9-8-13-11-20-22(3)12-13;/h6-7,10-12H,5,8-9H2,1-4H3,(H2,18,19,21);1H. The van der Waals surface area contributed by atoms with Crippen LogP contribution in [0, 0.1) is 0 Å². The molecule has 8 heteroatoms. The molecule has 25 heavy (non-hydrogen) atoms. The number of ether oxygens (including phenoxy) is 2. The summed E-state index contributed by atoms with van der Waals surface area (Å²) < 4.78 is 12.7. The molecule has 7 nitrogen and oxygen atoms in total. The van der Waals surface area contributed by atoms with Gasteiger partial charge in [0.1, 0.15) is 0 Å². The average molecular weight is 459 g/mol. The van der Waals surface area contributed by atoms with Gasteiger partial charge in [0.05, 0.1) is 19.9 Å². The van der Waals surface area contributed by atoms with Gasteiger partial charge in [-0.15, -0.1) is 24.0 Å². The van der Waals surface area contributed by atoms with Gasteiger partial charge in [-0.25, -0.2) is 0 Å². The summed E-state index contributed by atoms with van der Waals surface area (Å²) in [5, 5.41) is 10.7. The van der Waals surface area contributed by atoms with Crippen LogP contribution in [-0.2, 0) is 13.5 Å². The van der Waals surface area contributed by atoms with Crippen LogP contribution >= 0.6 is 24.0 Å². The van der Waals surface area contributed by atoms with Gasteiger partial charge in [-0.3, -0.25) is 9.67 Å². The lowest BCUT2D eigenvalue weighted by atomic mass is 10.2. The van der Waals surface area contributed by atoms with Gasteiger partial charge in [0.15, 0.2) is 17.5 Å². The first kappa shape index (κ1) is 21.1. The van der Waals surface area contributed by atoms with Crippen molar-refractivity contribution in [3.63, 3.8) is 0 Å². The zero-order valence-electron chi connectivity index (χ0n) is 15.1. The highest BCUT2D eigenvalue weighted by Crippen LogP contribution is 2.30. The van der Waals surface area contributed by atoms with Crippen molar-refractivity contribution in [3.8, 4) is 11.5 Å². The Hall–Kier alpha value is -1.97. The fourth-order valence-electron chi connectivity index (χ4n) is 2.26. The topological polar surface area (TPSA) is 72.7 Å². The normalized spacial score (nSPS) is 10.8. The molecule has 2 N–H and O–H groups in total. The highest BCUT2D eigenvalue weighted by molar-refractivity contribution is 14.0. The summed E-state index contributed by atoms with van der Waals surface area (Å²) >= 11 is 0. The maximum atomic E-state index is 5.59. The second-order valence-corrected chi connectivity index (χ2v) is 5.19. The zero-order chi connectivity index (χ0) is 17.4. The lowest BCUT2D eigenvalue weighted by Gasteiger charge is -2.14. The van der Waals surface area contributed by atoms with E-state index < -0.39 is 0 Å². The molecule has 2 aromatic rings. The van der Waals surface area contributed by atoms with Crippen LogP contribution in [0.4, 0.5) is 5.69 Å². The van der Waals surface area contributed by atoms with E-state index in [9.17, 15) is 0 Å². The smallest absolute Gasteiger partial charge is 0.195 e. The monoisotopic (exact) mass is 459 g/mol. The summed E-state index contributed by atoms with van der Waals surface area (Å²) in [5.41, 5.74) is 2.07. The Bertz CT molecular complexity index is 687. The van der Waals surface area contributed by atoms with Crippen molar-refractivity contribution in [2.24, 2.45) is 12.0 Å².